The van der Waals surface area contributed by atoms with Crippen molar-refractivity contribution in [1.29, 1.82) is 0 Å². The summed E-state index contributed by atoms with van der Waals surface area (Å²) in [4.78, 5) is 0. The fourth-order valence-electron chi connectivity index (χ4n) is 2.09. The van der Waals surface area contributed by atoms with Crippen LogP contribution in [0.25, 0.3) is 0 Å². The Bertz CT molecular complexity index is 542. The van der Waals surface area contributed by atoms with Crippen LogP contribution in [0.3, 0.4) is 0 Å². The first-order valence-corrected chi connectivity index (χ1v) is 6.63. The highest BCUT2D eigenvalue weighted by atomic mass is 35.5. The molecular formula is C16H16ClFO. The second kappa shape index (κ2) is 6.18. The van der Waals surface area contributed by atoms with Gasteiger partial charge in [-0.15, -0.1) is 0 Å². The number of benzene rings is 2. The summed E-state index contributed by atoms with van der Waals surface area (Å²) in [6.45, 7) is 1.93. The maximum atomic E-state index is 13.8. The zero-order valence-electron chi connectivity index (χ0n) is 10.7. The predicted molar refractivity (Wildman–Crippen MR) is 76.0 cm³/mol. The summed E-state index contributed by atoms with van der Waals surface area (Å²) in [6.07, 6.45) is -0.391. The van der Waals surface area contributed by atoms with E-state index in [0.717, 1.165) is 5.56 Å². The molecule has 0 fully saturated rings. The van der Waals surface area contributed by atoms with E-state index in [0.29, 0.717) is 5.56 Å². The first-order chi connectivity index (χ1) is 9.09. The largest absolute Gasteiger partial charge is 0.392 e. The van der Waals surface area contributed by atoms with E-state index >= 15 is 0 Å². The first kappa shape index (κ1) is 14.0. The van der Waals surface area contributed by atoms with Crippen molar-refractivity contribution in [1.82, 2.24) is 0 Å². The quantitative estimate of drug-likeness (QED) is 0.889. The fourth-order valence-corrected chi connectivity index (χ4v) is 2.28. The Labute approximate surface area is 117 Å². The molecule has 1 nitrogen and oxygen atoms in total. The number of halogens is 2. The summed E-state index contributed by atoms with van der Waals surface area (Å²) >= 11 is 5.74. The molecule has 2 aromatic rings. The van der Waals surface area contributed by atoms with Gasteiger partial charge in [0.05, 0.1) is 11.1 Å². The Morgan fingerprint density at radius 3 is 2.47 bits per heavy atom. The van der Waals surface area contributed by atoms with Crippen molar-refractivity contribution < 1.29 is 9.50 Å². The van der Waals surface area contributed by atoms with Crippen molar-refractivity contribution in [2.24, 2.45) is 0 Å². The van der Waals surface area contributed by atoms with E-state index in [-0.39, 0.29) is 17.4 Å². The van der Waals surface area contributed by atoms with E-state index in [1.54, 1.807) is 12.1 Å². The van der Waals surface area contributed by atoms with Gasteiger partial charge in [0.1, 0.15) is 5.82 Å². The second-order valence-corrected chi connectivity index (χ2v) is 5.09. The van der Waals surface area contributed by atoms with Crippen molar-refractivity contribution in [2.75, 3.05) is 0 Å². The lowest BCUT2D eigenvalue weighted by Gasteiger charge is -2.19. The van der Waals surface area contributed by atoms with Gasteiger partial charge < -0.3 is 5.11 Å². The molecule has 2 unspecified atom stereocenters. The fraction of sp³-hybridized carbons (Fsp3) is 0.250. The Morgan fingerprint density at radius 1 is 1.11 bits per heavy atom. The smallest absolute Gasteiger partial charge is 0.145 e. The number of aliphatic hydroxyl groups excluding tert-OH is 1. The molecule has 0 bridgehead atoms. The molecule has 0 aliphatic rings. The normalized spacial score (nSPS) is 14.1. The van der Waals surface area contributed by atoms with Crippen molar-refractivity contribution in [2.45, 2.75) is 25.4 Å². The lowest BCUT2D eigenvalue weighted by atomic mass is 9.91. The van der Waals surface area contributed by atoms with Crippen LogP contribution in [0.4, 0.5) is 4.39 Å². The molecule has 19 heavy (non-hydrogen) atoms. The zero-order valence-corrected chi connectivity index (χ0v) is 11.4. The Kier molecular flexibility index (Phi) is 4.56. The molecular weight excluding hydrogens is 263 g/mol. The van der Waals surface area contributed by atoms with Gasteiger partial charge in [-0.2, -0.15) is 0 Å². The van der Waals surface area contributed by atoms with E-state index in [1.165, 1.54) is 6.07 Å². The highest BCUT2D eigenvalue weighted by molar-refractivity contribution is 6.30. The van der Waals surface area contributed by atoms with Gasteiger partial charge in [0.2, 0.25) is 0 Å². The van der Waals surface area contributed by atoms with E-state index in [9.17, 15) is 9.50 Å². The van der Waals surface area contributed by atoms with E-state index in [1.807, 2.05) is 37.3 Å². The zero-order chi connectivity index (χ0) is 13.8. The highest BCUT2D eigenvalue weighted by Crippen LogP contribution is 2.24. The van der Waals surface area contributed by atoms with Gasteiger partial charge in [0.25, 0.3) is 0 Å². The van der Waals surface area contributed by atoms with Crippen molar-refractivity contribution in [3.63, 3.8) is 0 Å². The molecule has 0 aromatic heterocycles. The third-order valence-corrected chi connectivity index (χ3v) is 3.66. The molecule has 0 radical (unpaired) electrons. The van der Waals surface area contributed by atoms with Crippen molar-refractivity contribution in [3.05, 3.63) is 70.5 Å². The topological polar surface area (TPSA) is 20.2 Å². The molecule has 0 amide bonds. The SMILES string of the molecule is CC(c1ccccc1)C(O)Cc1cccc(Cl)c1F. The second-order valence-electron chi connectivity index (χ2n) is 4.68. The molecule has 0 heterocycles. The third-order valence-electron chi connectivity index (χ3n) is 3.36. The lowest BCUT2D eigenvalue weighted by Crippen LogP contribution is -2.19. The third kappa shape index (κ3) is 3.34. The van der Waals surface area contributed by atoms with Crippen LogP contribution in [0.1, 0.15) is 24.0 Å². The number of hydrogen-bond donors (Lipinski definition) is 1. The maximum absolute atomic E-state index is 13.8. The number of rotatable bonds is 4. The molecule has 0 aliphatic heterocycles. The minimum absolute atomic E-state index is 0.0559. The minimum Gasteiger partial charge on any atom is -0.392 e. The highest BCUT2D eigenvalue weighted by Gasteiger charge is 2.18. The number of aliphatic hydroxyl groups is 1. The summed E-state index contributed by atoms with van der Waals surface area (Å²) in [7, 11) is 0. The predicted octanol–water partition coefficient (Wildman–Crippen LogP) is 4.19. The molecule has 2 rings (SSSR count). The van der Waals surface area contributed by atoms with Crippen LogP contribution in [-0.2, 0) is 6.42 Å². The van der Waals surface area contributed by atoms with Gasteiger partial charge >= 0.3 is 0 Å². The van der Waals surface area contributed by atoms with Crippen molar-refractivity contribution in [3.8, 4) is 0 Å². The molecule has 100 valence electrons. The Hall–Kier alpha value is -1.38. The van der Waals surface area contributed by atoms with E-state index in [2.05, 4.69) is 0 Å². The van der Waals surface area contributed by atoms with Gasteiger partial charge in [-0.05, 0) is 17.2 Å². The monoisotopic (exact) mass is 278 g/mol. The van der Waals surface area contributed by atoms with Gasteiger partial charge in [-0.1, -0.05) is 61.0 Å². The van der Waals surface area contributed by atoms with Crippen LogP contribution < -0.4 is 0 Å². The van der Waals surface area contributed by atoms with Crippen molar-refractivity contribution >= 4 is 11.6 Å². The summed E-state index contributed by atoms with van der Waals surface area (Å²) in [5.74, 6) is -0.497. The maximum Gasteiger partial charge on any atom is 0.145 e. The van der Waals surface area contributed by atoms with Crippen LogP contribution in [0.15, 0.2) is 48.5 Å². The summed E-state index contributed by atoms with van der Waals surface area (Å²) in [5.41, 5.74) is 1.49. The Morgan fingerprint density at radius 2 is 1.79 bits per heavy atom. The van der Waals surface area contributed by atoms with Gasteiger partial charge in [-0.25, -0.2) is 4.39 Å². The molecule has 0 saturated carbocycles. The lowest BCUT2D eigenvalue weighted by molar-refractivity contribution is 0.148. The summed E-state index contributed by atoms with van der Waals surface area (Å²) in [6, 6.07) is 14.6. The van der Waals surface area contributed by atoms with Gasteiger partial charge in [0, 0.05) is 12.3 Å². The average molecular weight is 279 g/mol. The standard InChI is InChI=1S/C16H16ClFO/c1-11(12-6-3-2-4-7-12)15(19)10-13-8-5-9-14(17)16(13)18/h2-9,11,15,19H,10H2,1H3. The van der Waals surface area contributed by atoms with Crippen LogP contribution in [0.5, 0.6) is 0 Å². The summed E-state index contributed by atoms with van der Waals surface area (Å²) < 4.78 is 13.8. The summed E-state index contributed by atoms with van der Waals surface area (Å²) in [5, 5.41) is 10.3. The number of hydrogen-bond acceptors (Lipinski definition) is 1. The molecule has 0 saturated heterocycles. The van der Waals surface area contributed by atoms with Crippen LogP contribution >= 0.6 is 11.6 Å². The first-order valence-electron chi connectivity index (χ1n) is 6.25. The molecule has 3 heteroatoms. The van der Waals surface area contributed by atoms with E-state index in [4.69, 9.17) is 11.6 Å². The molecule has 1 N–H and O–H groups in total. The van der Waals surface area contributed by atoms with E-state index < -0.39 is 11.9 Å². The van der Waals surface area contributed by atoms with Crippen LogP contribution in [0.2, 0.25) is 5.02 Å². The van der Waals surface area contributed by atoms with Crippen LogP contribution in [-0.4, -0.2) is 11.2 Å². The van der Waals surface area contributed by atoms with Crippen LogP contribution in [0, 0.1) is 5.82 Å². The molecule has 2 aromatic carbocycles. The molecule has 0 aliphatic carbocycles. The Balaban J connectivity index is 2.13. The van der Waals surface area contributed by atoms with Gasteiger partial charge in [0.15, 0.2) is 0 Å². The minimum atomic E-state index is -0.643. The molecule has 0 spiro atoms. The average Bonchev–Trinajstić information content (AvgIpc) is 2.44. The van der Waals surface area contributed by atoms with Gasteiger partial charge in [-0.3, -0.25) is 0 Å². The molecule has 2 atom stereocenters.